The van der Waals surface area contributed by atoms with E-state index in [1.807, 2.05) is 37.3 Å². The summed E-state index contributed by atoms with van der Waals surface area (Å²) in [4.78, 5) is 21.8. The predicted octanol–water partition coefficient (Wildman–Crippen LogP) is 2.32. The summed E-state index contributed by atoms with van der Waals surface area (Å²) in [6, 6.07) is 15.7. The van der Waals surface area contributed by atoms with Gasteiger partial charge in [0.05, 0.1) is 17.2 Å². The first-order valence-corrected chi connectivity index (χ1v) is 11.7. The molecule has 0 aliphatic rings. The molecule has 2 heterocycles. The number of aryl methyl sites for hydroxylation is 1. The summed E-state index contributed by atoms with van der Waals surface area (Å²) in [6.07, 6.45) is 1.59. The summed E-state index contributed by atoms with van der Waals surface area (Å²) in [7, 11) is -1.98. The zero-order valence-electron chi connectivity index (χ0n) is 18.1. The van der Waals surface area contributed by atoms with E-state index in [-0.39, 0.29) is 35.1 Å². The molecule has 0 saturated carbocycles. The molecule has 0 aliphatic carbocycles. The molecule has 0 fully saturated rings. The third-order valence-electron chi connectivity index (χ3n) is 5.22. The van der Waals surface area contributed by atoms with Crippen LogP contribution in [0, 0.1) is 6.92 Å². The molecule has 0 atom stereocenters. The molecule has 0 bridgehead atoms. The van der Waals surface area contributed by atoms with Crippen LogP contribution in [0.4, 0.5) is 11.6 Å². The molecule has 4 rings (SSSR count). The Morgan fingerprint density at radius 1 is 1.09 bits per heavy atom. The number of hydrogen-bond donors (Lipinski definition) is 3. The topological polar surface area (TPSA) is 126 Å². The van der Waals surface area contributed by atoms with Crippen molar-refractivity contribution < 1.29 is 13.5 Å². The number of hydrogen-bond acceptors (Lipinski definition) is 7. The lowest BCUT2D eigenvalue weighted by Gasteiger charge is -2.13. The maximum absolute atomic E-state index is 13.0. The number of nitrogens with zero attached hydrogens (tertiary/aromatic N) is 3. The second-order valence-electron chi connectivity index (χ2n) is 7.48. The first-order chi connectivity index (χ1) is 15.8. The number of anilines is 2. The standard InChI is InChI=1S/C23H23N5O4S/c1-15-5-3-4-6-19(15)20-13-16-14-24-23(27-21(16)22(30)28(20)2)26-17-7-9-18(10-8-17)33(31,32)25-11-12-29/h3-10,13-14,25,29H,11-12H2,1-2H3,(H,24,26,27). The Balaban J connectivity index is 1.64. The number of sulfonamides is 1. The second kappa shape index (κ2) is 9.10. The Morgan fingerprint density at radius 3 is 2.52 bits per heavy atom. The van der Waals surface area contributed by atoms with Gasteiger partial charge in [-0.2, -0.15) is 0 Å². The van der Waals surface area contributed by atoms with E-state index >= 15 is 0 Å². The van der Waals surface area contributed by atoms with Gasteiger partial charge in [0.1, 0.15) is 5.52 Å². The molecule has 4 aromatic rings. The van der Waals surface area contributed by atoms with Crippen LogP contribution in [-0.2, 0) is 17.1 Å². The van der Waals surface area contributed by atoms with Crippen LogP contribution in [0.3, 0.4) is 0 Å². The number of aliphatic hydroxyl groups excluding tert-OH is 1. The Morgan fingerprint density at radius 2 is 1.82 bits per heavy atom. The molecule has 2 aromatic heterocycles. The average Bonchev–Trinajstić information content (AvgIpc) is 2.81. The molecule has 0 spiro atoms. The van der Waals surface area contributed by atoms with Crippen molar-refractivity contribution in [2.24, 2.45) is 7.05 Å². The third kappa shape index (κ3) is 4.63. The van der Waals surface area contributed by atoms with E-state index in [1.165, 1.54) is 12.1 Å². The van der Waals surface area contributed by atoms with Gasteiger partial charge in [0.15, 0.2) is 0 Å². The molecule has 0 radical (unpaired) electrons. The lowest BCUT2D eigenvalue weighted by atomic mass is 10.0. The van der Waals surface area contributed by atoms with Gasteiger partial charge in [-0.05, 0) is 42.8 Å². The molecule has 170 valence electrons. The number of benzene rings is 2. The van der Waals surface area contributed by atoms with E-state index in [0.717, 1.165) is 16.8 Å². The van der Waals surface area contributed by atoms with Crippen LogP contribution in [0.5, 0.6) is 0 Å². The number of aliphatic hydroxyl groups is 1. The molecule has 9 nitrogen and oxygen atoms in total. The molecule has 0 aliphatic heterocycles. The van der Waals surface area contributed by atoms with Crippen molar-refractivity contribution in [3.63, 3.8) is 0 Å². The Bertz CT molecular complexity index is 1480. The molecule has 33 heavy (non-hydrogen) atoms. The highest BCUT2D eigenvalue weighted by Gasteiger charge is 2.14. The molecule has 0 amide bonds. The first kappa shape index (κ1) is 22.6. The van der Waals surface area contributed by atoms with Crippen molar-refractivity contribution in [2.45, 2.75) is 11.8 Å². The molecular formula is C23H23N5O4S. The SMILES string of the molecule is Cc1ccccc1-c1cc2cnc(Nc3ccc(S(=O)(=O)NCCO)cc3)nc2c(=O)n1C. The molecule has 2 aromatic carbocycles. The summed E-state index contributed by atoms with van der Waals surface area (Å²) in [6.45, 7) is 1.64. The maximum Gasteiger partial charge on any atom is 0.277 e. The minimum Gasteiger partial charge on any atom is -0.395 e. The minimum absolute atomic E-state index is 0.0617. The van der Waals surface area contributed by atoms with Crippen LogP contribution in [0.2, 0.25) is 0 Å². The summed E-state index contributed by atoms with van der Waals surface area (Å²) >= 11 is 0. The molecule has 3 N–H and O–H groups in total. The highest BCUT2D eigenvalue weighted by Crippen LogP contribution is 2.25. The predicted molar refractivity (Wildman–Crippen MR) is 127 cm³/mol. The van der Waals surface area contributed by atoms with Gasteiger partial charge in [-0.25, -0.2) is 23.1 Å². The van der Waals surface area contributed by atoms with E-state index in [2.05, 4.69) is 20.0 Å². The molecular weight excluding hydrogens is 442 g/mol. The van der Waals surface area contributed by atoms with Gasteiger partial charge < -0.3 is 15.0 Å². The quantitative estimate of drug-likeness (QED) is 0.382. The van der Waals surface area contributed by atoms with Crippen LogP contribution < -0.4 is 15.6 Å². The van der Waals surface area contributed by atoms with Crippen LogP contribution in [-0.4, -0.2) is 41.2 Å². The fourth-order valence-corrected chi connectivity index (χ4v) is 4.49. The maximum atomic E-state index is 13.0. The third-order valence-corrected chi connectivity index (χ3v) is 6.70. The Hall–Kier alpha value is -3.60. The fraction of sp³-hybridized carbons (Fsp3) is 0.174. The van der Waals surface area contributed by atoms with Crippen molar-refractivity contribution in [1.29, 1.82) is 0 Å². The van der Waals surface area contributed by atoms with Crippen LogP contribution in [0.25, 0.3) is 22.2 Å². The first-order valence-electron chi connectivity index (χ1n) is 10.2. The summed E-state index contributed by atoms with van der Waals surface area (Å²) in [5.41, 5.74) is 3.39. The zero-order chi connectivity index (χ0) is 23.6. The Labute approximate surface area is 190 Å². The van der Waals surface area contributed by atoms with Crippen molar-refractivity contribution in [1.82, 2.24) is 19.3 Å². The minimum atomic E-state index is -3.69. The summed E-state index contributed by atoms with van der Waals surface area (Å²) in [5, 5.41) is 12.4. The monoisotopic (exact) mass is 465 g/mol. The normalized spacial score (nSPS) is 11.6. The van der Waals surface area contributed by atoms with Gasteiger partial charge in [0.2, 0.25) is 16.0 Å². The van der Waals surface area contributed by atoms with E-state index in [1.54, 1.807) is 29.9 Å². The van der Waals surface area contributed by atoms with Gasteiger partial charge in [-0.15, -0.1) is 0 Å². The molecule has 0 unspecified atom stereocenters. The molecule has 0 saturated heterocycles. The van der Waals surface area contributed by atoms with Gasteiger partial charge in [-0.1, -0.05) is 24.3 Å². The van der Waals surface area contributed by atoms with Crippen LogP contribution >= 0.6 is 0 Å². The van der Waals surface area contributed by atoms with Crippen molar-refractivity contribution in [3.05, 3.63) is 76.7 Å². The number of pyridine rings is 1. The van der Waals surface area contributed by atoms with E-state index < -0.39 is 10.0 Å². The summed E-state index contributed by atoms with van der Waals surface area (Å²) < 4.78 is 28.1. The lowest BCUT2D eigenvalue weighted by Crippen LogP contribution is -2.26. The second-order valence-corrected chi connectivity index (χ2v) is 9.24. The van der Waals surface area contributed by atoms with Gasteiger partial charge in [0, 0.05) is 36.4 Å². The van der Waals surface area contributed by atoms with Crippen LogP contribution in [0.15, 0.2) is 70.5 Å². The van der Waals surface area contributed by atoms with Crippen LogP contribution in [0.1, 0.15) is 5.56 Å². The number of nitrogens with one attached hydrogen (secondary N) is 2. The van der Waals surface area contributed by atoms with E-state index in [0.29, 0.717) is 11.1 Å². The van der Waals surface area contributed by atoms with Crippen molar-refractivity contribution in [2.75, 3.05) is 18.5 Å². The fourth-order valence-electron chi connectivity index (χ4n) is 3.47. The van der Waals surface area contributed by atoms with Crippen molar-refractivity contribution in [3.8, 4) is 11.3 Å². The lowest BCUT2D eigenvalue weighted by molar-refractivity contribution is 0.301. The highest BCUT2D eigenvalue weighted by molar-refractivity contribution is 7.89. The smallest absolute Gasteiger partial charge is 0.277 e. The van der Waals surface area contributed by atoms with E-state index in [4.69, 9.17) is 5.11 Å². The van der Waals surface area contributed by atoms with Gasteiger partial charge >= 0.3 is 0 Å². The summed E-state index contributed by atoms with van der Waals surface area (Å²) in [5.74, 6) is 0.220. The van der Waals surface area contributed by atoms with Crippen molar-refractivity contribution >= 4 is 32.6 Å². The molecule has 10 heteroatoms. The average molecular weight is 466 g/mol. The van der Waals surface area contributed by atoms with E-state index in [9.17, 15) is 13.2 Å². The van der Waals surface area contributed by atoms with Gasteiger partial charge in [-0.3, -0.25) is 4.79 Å². The largest absolute Gasteiger partial charge is 0.395 e. The number of aromatic nitrogens is 3. The Kier molecular flexibility index (Phi) is 6.23. The number of fused-ring (bicyclic) bond motifs is 1. The zero-order valence-corrected chi connectivity index (χ0v) is 18.9. The highest BCUT2D eigenvalue weighted by atomic mass is 32.2. The number of rotatable bonds is 7. The van der Waals surface area contributed by atoms with Gasteiger partial charge in [0.25, 0.3) is 5.56 Å².